The van der Waals surface area contributed by atoms with Gasteiger partial charge in [-0.3, -0.25) is 4.79 Å². The van der Waals surface area contributed by atoms with Crippen molar-refractivity contribution in [1.29, 1.82) is 0 Å². The molecule has 0 aliphatic carbocycles. The number of nitrogens with zero attached hydrogens (tertiary/aromatic N) is 1. The van der Waals surface area contributed by atoms with Crippen LogP contribution in [0, 0.1) is 11.7 Å². The maximum Gasteiger partial charge on any atom is 0.166 e. The van der Waals surface area contributed by atoms with Gasteiger partial charge in [0.25, 0.3) is 0 Å². The number of Topliss-reactive ketones (excluding diaryl/α,β-unsaturated/α-hetero) is 1. The molecule has 0 spiro atoms. The molecule has 114 valence electrons. The topological polar surface area (TPSA) is 29.5 Å². The third kappa shape index (κ3) is 2.82. The molecule has 4 heteroatoms. The first-order chi connectivity index (χ1) is 10.1. The van der Waals surface area contributed by atoms with Crippen LogP contribution < -0.4 is 4.74 Å². The number of carbonyl (C=O) groups is 1. The molecule has 0 radical (unpaired) electrons. The fourth-order valence-electron chi connectivity index (χ4n) is 3.82. The van der Waals surface area contributed by atoms with Crippen LogP contribution >= 0.6 is 0 Å². The lowest BCUT2D eigenvalue weighted by atomic mass is 9.85. The zero-order valence-corrected chi connectivity index (χ0v) is 12.6. The van der Waals surface area contributed by atoms with Gasteiger partial charge >= 0.3 is 0 Å². The number of piperidine rings is 1. The summed E-state index contributed by atoms with van der Waals surface area (Å²) in [6.07, 6.45) is 4.15. The Morgan fingerprint density at radius 3 is 2.57 bits per heavy atom. The summed E-state index contributed by atoms with van der Waals surface area (Å²) >= 11 is 0. The van der Waals surface area contributed by atoms with Crippen molar-refractivity contribution < 1.29 is 13.9 Å². The molecule has 21 heavy (non-hydrogen) atoms. The second-order valence-electron chi connectivity index (χ2n) is 6.19. The Morgan fingerprint density at radius 2 is 1.95 bits per heavy atom. The minimum absolute atomic E-state index is 0.0231. The lowest BCUT2D eigenvalue weighted by Gasteiger charge is -2.35. The molecule has 1 aromatic rings. The Balaban J connectivity index is 1.79. The van der Waals surface area contributed by atoms with Gasteiger partial charge in [0.1, 0.15) is 11.6 Å². The van der Waals surface area contributed by atoms with Crippen LogP contribution in [0.15, 0.2) is 18.2 Å². The molecule has 0 aromatic heterocycles. The third-order valence-electron chi connectivity index (χ3n) is 4.94. The Labute approximate surface area is 125 Å². The van der Waals surface area contributed by atoms with E-state index in [1.54, 1.807) is 6.07 Å². The Kier molecular flexibility index (Phi) is 3.98. The minimum Gasteiger partial charge on any atom is -0.494 e. The largest absolute Gasteiger partial charge is 0.494 e. The first kappa shape index (κ1) is 14.5. The summed E-state index contributed by atoms with van der Waals surface area (Å²) < 4.78 is 19.0. The monoisotopic (exact) mass is 291 g/mol. The van der Waals surface area contributed by atoms with Crippen LogP contribution in [-0.2, 0) is 0 Å². The van der Waals surface area contributed by atoms with E-state index < -0.39 is 5.82 Å². The van der Waals surface area contributed by atoms with Crippen molar-refractivity contribution in [2.45, 2.75) is 44.7 Å². The van der Waals surface area contributed by atoms with E-state index in [1.807, 2.05) is 6.92 Å². The quantitative estimate of drug-likeness (QED) is 0.797. The lowest BCUT2D eigenvalue weighted by molar-refractivity contribution is 0.0766. The number of carbonyl (C=O) groups excluding carboxylic acids is 1. The van der Waals surface area contributed by atoms with E-state index in [0.29, 0.717) is 30.0 Å². The van der Waals surface area contributed by atoms with Crippen LogP contribution in [0.1, 0.15) is 43.0 Å². The van der Waals surface area contributed by atoms with Gasteiger partial charge in [0.15, 0.2) is 5.78 Å². The molecule has 2 aliphatic rings. The summed E-state index contributed by atoms with van der Waals surface area (Å²) in [4.78, 5) is 15.1. The van der Waals surface area contributed by atoms with E-state index in [1.165, 1.54) is 25.0 Å². The highest BCUT2D eigenvalue weighted by Crippen LogP contribution is 2.38. The molecule has 2 saturated heterocycles. The maximum absolute atomic E-state index is 13.7. The minimum atomic E-state index is -0.403. The first-order valence-corrected chi connectivity index (χ1v) is 7.78. The standard InChI is InChI=1S/C17H22FNO2/c1-3-21-16-9-11(6-13(18)10-16)17(20)12-7-14-4-5-15(8-12)19(14)2/h6,9-10,12,14-15H,3-5,7-8H2,1-2H3. The molecule has 2 heterocycles. The normalized spacial score (nSPS) is 28.6. The summed E-state index contributed by atoms with van der Waals surface area (Å²) in [5, 5.41) is 0. The van der Waals surface area contributed by atoms with Gasteiger partial charge in [-0.15, -0.1) is 0 Å². The molecule has 3 rings (SSSR count). The van der Waals surface area contributed by atoms with Crippen molar-refractivity contribution in [2.75, 3.05) is 13.7 Å². The van der Waals surface area contributed by atoms with Crippen molar-refractivity contribution in [3.05, 3.63) is 29.6 Å². The number of hydrogen-bond acceptors (Lipinski definition) is 3. The van der Waals surface area contributed by atoms with Crippen LogP contribution in [0.5, 0.6) is 5.75 Å². The van der Waals surface area contributed by atoms with Gasteiger partial charge in [-0.2, -0.15) is 0 Å². The predicted octanol–water partition coefficient (Wildman–Crippen LogP) is 3.28. The number of hydrogen-bond donors (Lipinski definition) is 0. The van der Waals surface area contributed by atoms with Gasteiger partial charge in [0, 0.05) is 29.6 Å². The second kappa shape index (κ2) is 5.76. The van der Waals surface area contributed by atoms with E-state index in [-0.39, 0.29) is 11.7 Å². The molecule has 2 aliphatic heterocycles. The number of halogens is 1. The summed E-state index contributed by atoms with van der Waals surface area (Å²) in [5.41, 5.74) is 0.451. The van der Waals surface area contributed by atoms with Gasteiger partial charge in [0.05, 0.1) is 6.61 Å². The fourth-order valence-corrected chi connectivity index (χ4v) is 3.82. The number of ketones is 1. The van der Waals surface area contributed by atoms with Crippen LogP contribution in [0.25, 0.3) is 0 Å². The first-order valence-electron chi connectivity index (χ1n) is 7.78. The molecule has 1 aromatic carbocycles. The zero-order chi connectivity index (χ0) is 15.0. The smallest absolute Gasteiger partial charge is 0.166 e. The van der Waals surface area contributed by atoms with Crippen LogP contribution in [-0.4, -0.2) is 36.4 Å². The maximum atomic E-state index is 13.7. The average molecular weight is 291 g/mol. The van der Waals surface area contributed by atoms with Gasteiger partial charge in [0.2, 0.25) is 0 Å². The SMILES string of the molecule is CCOc1cc(F)cc(C(=O)C2CC3CCC(C2)N3C)c1. The molecule has 2 bridgehead atoms. The molecule has 0 saturated carbocycles. The fraction of sp³-hybridized carbons (Fsp3) is 0.588. The van der Waals surface area contributed by atoms with Crippen LogP contribution in [0.2, 0.25) is 0 Å². The van der Waals surface area contributed by atoms with Gasteiger partial charge in [-0.25, -0.2) is 4.39 Å². The zero-order valence-electron chi connectivity index (χ0n) is 12.6. The summed E-state index contributed by atoms with van der Waals surface area (Å²) in [7, 11) is 2.15. The Morgan fingerprint density at radius 1 is 1.29 bits per heavy atom. The van der Waals surface area contributed by atoms with Crippen molar-refractivity contribution in [3.63, 3.8) is 0 Å². The van der Waals surface area contributed by atoms with Crippen molar-refractivity contribution in [1.82, 2.24) is 4.90 Å². The van der Waals surface area contributed by atoms with E-state index >= 15 is 0 Å². The Bertz CT molecular complexity index is 532. The molecule has 0 amide bonds. The Hall–Kier alpha value is -1.42. The predicted molar refractivity (Wildman–Crippen MR) is 79.2 cm³/mol. The molecule has 2 atom stereocenters. The highest BCUT2D eigenvalue weighted by atomic mass is 19.1. The summed E-state index contributed by atoms with van der Waals surface area (Å²) in [6, 6.07) is 5.37. The van der Waals surface area contributed by atoms with E-state index in [2.05, 4.69) is 11.9 Å². The van der Waals surface area contributed by atoms with Crippen molar-refractivity contribution in [2.24, 2.45) is 5.92 Å². The van der Waals surface area contributed by atoms with Gasteiger partial charge < -0.3 is 9.64 Å². The average Bonchev–Trinajstić information content (AvgIpc) is 2.68. The highest BCUT2D eigenvalue weighted by molar-refractivity contribution is 5.98. The van der Waals surface area contributed by atoms with E-state index in [4.69, 9.17) is 4.74 Å². The van der Waals surface area contributed by atoms with Crippen molar-refractivity contribution in [3.8, 4) is 5.75 Å². The number of fused-ring (bicyclic) bond motifs is 2. The number of rotatable bonds is 4. The molecule has 2 unspecified atom stereocenters. The molecule has 0 N–H and O–H groups in total. The van der Waals surface area contributed by atoms with Crippen molar-refractivity contribution >= 4 is 5.78 Å². The van der Waals surface area contributed by atoms with E-state index in [9.17, 15) is 9.18 Å². The molecular formula is C17H22FNO2. The number of benzene rings is 1. The lowest BCUT2D eigenvalue weighted by Crippen LogP contribution is -2.42. The molecule has 3 nitrogen and oxygen atoms in total. The van der Waals surface area contributed by atoms with Gasteiger partial charge in [-0.1, -0.05) is 0 Å². The third-order valence-corrected chi connectivity index (χ3v) is 4.94. The number of ether oxygens (including phenoxy) is 1. The van der Waals surface area contributed by atoms with Gasteiger partial charge in [-0.05, 0) is 51.8 Å². The van der Waals surface area contributed by atoms with Crippen LogP contribution in [0.4, 0.5) is 4.39 Å². The molecule has 2 fully saturated rings. The summed E-state index contributed by atoms with van der Waals surface area (Å²) in [6.45, 7) is 2.32. The van der Waals surface area contributed by atoms with Crippen LogP contribution in [0.3, 0.4) is 0 Å². The molecular weight excluding hydrogens is 269 g/mol. The summed E-state index contributed by atoms with van der Waals surface area (Å²) in [5.74, 6) is 0.132. The second-order valence-corrected chi connectivity index (χ2v) is 6.19. The van der Waals surface area contributed by atoms with E-state index in [0.717, 1.165) is 12.8 Å². The highest BCUT2D eigenvalue weighted by Gasteiger charge is 2.41.